The van der Waals surface area contributed by atoms with Crippen molar-refractivity contribution in [2.24, 2.45) is 5.92 Å². The lowest BCUT2D eigenvalue weighted by molar-refractivity contribution is 0.0803. The van der Waals surface area contributed by atoms with Crippen molar-refractivity contribution in [3.05, 3.63) is 148 Å². The van der Waals surface area contributed by atoms with Crippen molar-refractivity contribution in [2.45, 2.75) is 5.25 Å². The average molecular weight is 475 g/mol. The van der Waals surface area contributed by atoms with E-state index in [4.69, 9.17) is 0 Å². The van der Waals surface area contributed by atoms with Crippen molar-refractivity contribution in [1.29, 1.82) is 0 Å². The molecule has 0 radical (unpaired) electrons. The van der Waals surface area contributed by atoms with Gasteiger partial charge in [0.2, 0.25) is 0 Å². The molecule has 0 fully saturated rings. The normalized spacial score (nSPS) is 14.7. The Kier molecular flexibility index (Phi) is 6.55. The predicted molar refractivity (Wildman–Crippen MR) is 141 cm³/mol. The van der Waals surface area contributed by atoms with Gasteiger partial charge in [0, 0.05) is 16.7 Å². The van der Waals surface area contributed by atoms with E-state index in [1.807, 2.05) is 60.7 Å². The Morgan fingerprint density at radius 1 is 0.571 bits per heavy atom. The smallest absolute Gasteiger partial charge is 0.199 e. The first-order valence-electron chi connectivity index (χ1n) is 11.4. The molecule has 3 nitrogen and oxygen atoms in total. The number of carbonyl (C=O) groups excluding carboxylic acids is 3. The van der Waals surface area contributed by atoms with Gasteiger partial charge in [0.05, 0.1) is 10.2 Å². The number of allylic oxidation sites excluding steroid dienone is 1. The van der Waals surface area contributed by atoms with E-state index in [0.29, 0.717) is 21.6 Å². The van der Waals surface area contributed by atoms with Gasteiger partial charge in [-0.25, -0.2) is 0 Å². The van der Waals surface area contributed by atoms with Gasteiger partial charge in [0.25, 0.3) is 0 Å². The topological polar surface area (TPSA) is 51.2 Å². The van der Waals surface area contributed by atoms with Crippen LogP contribution in [-0.2, 0) is 0 Å². The van der Waals surface area contributed by atoms with Crippen LogP contribution in [0.3, 0.4) is 0 Å². The van der Waals surface area contributed by atoms with Crippen molar-refractivity contribution < 1.29 is 14.4 Å². The molecule has 1 unspecified atom stereocenters. The van der Waals surface area contributed by atoms with Crippen molar-refractivity contribution in [3.63, 3.8) is 0 Å². The maximum atomic E-state index is 13.9. The minimum absolute atomic E-state index is 0.117. The number of fused-ring (bicyclic) bond motifs is 1. The monoisotopic (exact) mass is 474 g/mol. The van der Waals surface area contributed by atoms with E-state index in [1.165, 1.54) is 11.8 Å². The summed E-state index contributed by atoms with van der Waals surface area (Å²) in [5.74, 6) is -1.60. The van der Waals surface area contributed by atoms with Crippen LogP contribution in [-0.4, -0.2) is 17.3 Å². The Morgan fingerprint density at radius 2 is 1.03 bits per heavy atom. The van der Waals surface area contributed by atoms with Crippen LogP contribution in [0.25, 0.3) is 6.08 Å². The minimum atomic E-state index is -0.988. The molecule has 170 valence electrons. The number of rotatable bonds is 7. The highest BCUT2D eigenvalue weighted by molar-refractivity contribution is 8.04. The Morgan fingerprint density at radius 3 is 1.57 bits per heavy atom. The third-order valence-corrected chi connectivity index (χ3v) is 7.42. The first-order chi connectivity index (χ1) is 17.1. The summed E-state index contributed by atoms with van der Waals surface area (Å²) >= 11 is 1.30. The zero-order chi connectivity index (χ0) is 24.2. The molecule has 0 spiro atoms. The molecule has 0 aliphatic carbocycles. The number of hydrogen-bond acceptors (Lipinski definition) is 4. The minimum Gasteiger partial charge on any atom is -0.293 e. The Labute approximate surface area is 208 Å². The number of Topliss-reactive ketones (excluding diaryl/α,β-unsaturated/α-hetero) is 3. The highest BCUT2D eigenvalue weighted by atomic mass is 32.2. The molecule has 35 heavy (non-hydrogen) atoms. The van der Waals surface area contributed by atoms with Gasteiger partial charge in [-0.2, -0.15) is 0 Å². The largest absolute Gasteiger partial charge is 0.293 e. The van der Waals surface area contributed by atoms with E-state index in [0.717, 1.165) is 11.1 Å². The average Bonchev–Trinajstić information content (AvgIpc) is 2.94. The van der Waals surface area contributed by atoms with Crippen molar-refractivity contribution in [1.82, 2.24) is 0 Å². The molecule has 0 amide bonds. The fourth-order valence-electron chi connectivity index (χ4n) is 4.33. The van der Waals surface area contributed by atoms with Crippen LogP contribution in [0.5, 0.6) is 0 Å². The van der Waals surface area contributed by atoms with Crippen molar-refractivity contribution in [3.8, 4) is 0 Å². The summed E-state index contributed by atoms with van der Waals surface area (Å²) in [6, 6.07) is 34.6. The zero-order valence-corrected chi connectivity index (χ0v) is 19.7. The Hall–Kier alpha value is -4.02. The van der Waals surface area contributed by atoms with Crippen molar-refractivity contribution >= 4 is 35.2 Å². The van der Waals surface area contributed by atoms with Gasteiger partial charge in [-0.3, -0.25) is 14.4 Å². The molecule has 5 rings (SSSR count). The number of benzene rings is 4. The molecule has 1 aliphatic heterocycles. The molecular weight excluding hydrogens is 452 g/mol. The van der Waals surface area contributed by atoms with Crippen LogP contribution < -0.4 is 0 Å². The standard InChI is InChI=1S/C31H22O3S/c32-28(21-12-4-1-5-13-21)26-20-24-18-10-11-19-25(24)31(35-26)27(29(33)22-14-6-2-7-15-22)30(34)23-16-8-3-9-17-23/h1-20,27,31H. The second-order valence-corrected chi connectivity index (χ2v) is 9.49. The van der Waals surface area contributed by atoms with E-state index >= 15 is 0 Å². The highest BCUT2D eigenvalue weighted by Gasteiger charge is 2.40. The van der Waals surface area contributed by atoms with Crippen LogP contribution in [0.2, 0.25) is 0 Å². The molecule has 0 saturated heterocycles. The van der Waals surface area contributed by atoms with E-state index in [-0.39, 0.29) is 17.3 Å². The molecule has 0 N–H and O–H groups in total. The van der Waals surface area contributed by atoms with Gasteiger partial charge in [0.1, 0.15) is 5.92 Å². The second-order valence-electron chi connectivity index (χ2n) is 8.31. The van der Waals surface area contributed by atoms with Gasteiger partial charge in [-0.15, -0.1) is 11.8 Å². The van der Waals surface area contributed by atoms with Gasteiger partial charge in [-0.05, 0) is 17.2 Å². The summed E-state index contributed by atoms with van der Waals surface area (Å²) in [6.45, 7) is 0. The van der Waals surface area contributed by atoms with Crippen LogP contribution >= 0.6 is 11.8 Å². The summed E-state index contributed by atoms with van der Waals surface area (Å²) in [4.78, 5) is 41.7. The van der Waals surface area contributed by atoms with E-state index in [9.17, 15) is 14.4 Å². The van der Waals surface area contributed by atoms with Crippen LogP contribution in [0.4, 0.5) is 0 Å². The molecule has 4 aromatic carbocycles. The SMILES string of the molecule is O=C(C1=Cc2ccccc2C(C(C(=O)c2ccccc2)C(=O)c2ccccc2)S1)c1ccccc1. The molecule has 0 saturated carbocycles. The summed E-state index contributed by atoms with van der Waals surface area (Å²) in [5.41, 5.74) is 3.25. The Bertz CT molecular complexity index is 1360. The molecule has 1 atom stereocenters. The highest BCUT2D eigenvalue weighted by Crippen LogP contribution is 2.49. The van der Waals surface area contributed by atoms with Crippen LogP contribution in [0.1, 0.15) is 47.5 Å². The summed E-state index contributed by atoms with van der Waals surface area (Å²) in [6.07, 6.45) is 1.86. The van der Waals surface area contributed by atoms with Crippen molar-refractivity contribution in [2.75, 3.05) is 0 Å². The molecule has 0 aromatic heterocycles. The first kappa shape index (κ1) is 22.8. The molecule has 0 bridgehead atoms. The lowest BCUT2D eigenvalue weighted by atomic mass is 9.83. The van der Waals surface area contributed by atoms with Gasteiger partial charge >= 0.3 is 0 Å². The van der Waals surface area contributed by atoms with E-state index < -0.39 is 11.2 Å². The van der Waals surface area contributed by atoms with E-state index in [1.54, 1.807) is 60.7 Å². The van der Waals surface area contributed by atoms with Crippen LogP contribution in [0.15, 0.2) is 120 Å². The molecular formula is C31H22O3S. The fourth-order valence-corrected chi connectivity index (χ4v) is 5.75. The number of ketones is 3. The predicted octanol–water partition coefficient (Wildman–Crippen LogP) is 7.08. The maximum absolute atomic E-state index is 13.9. The number of carbonyl (C=O) groups is 3. The number of hydrogen-bond donors (Lipinski definition) is 0. The lowest BCUT2D eigenvalue weighted by Crippen LogP contribution is -2.31. The molecule has 1 heterocycles. The lowest BCUT2D eigenvalue weighted by Gasteiger charge is -2.30. The second kappa shape index (κ2) is 10.1. The van der Waals surface area contributed by atoms with Crippen LogP contribution in [0, 0.1) is 5.92 Å². The summed E-state index contributed by atoms with van der Waals surface area (Å²) in [5, 5.41) is -0.542. The first-order valence-corrected chi connectivity index (χ1v) is 12.3. The zero-order valence-electron chi connectivity index (χ0n) is 18.8. The quantitative estimate of drug-likeness (QED) is 0.212. The molecule has 1 aliphatic rings. The summed E-state index contributed by atoms with van der Waals surface area (Å²) < 4.78 is 0. The molecule has 4 aromatic rings. The third-order valence-electron chi connectivity index (χ3n) is 6.09. The molecule has 4 heteroatoms. The number of thioether (sulfide) groups is 1. The summed E-state index contributed by atoms with van der Waals surface area (Å²) in [7, 11) is 0. The van der Waals surface area contributed by atoms with Gasteiger partial charge < -0.3 is 0 Å². The van der Waals surface area contributed by atoms with Gasteiger partial charge in [-0.1, -0.05) is 115 Å². The fraction of sp³-hybridized carbons (Fsp3) is 0.0645. The van der Waals surface area contributed by atoms with Gasteiger partial charge in [0.15, 0.2) is 17.3 Å². The van der Waals surface area contributed by atoms with E-state index in [2.05, 4.69) is 0 Å². The maximum Gasteiger partial charge on any atom is 0.199 e. The third kappa shape index (κ3) is 4.66. The Balaban J connectivity index is 1.62.